The van der Waals surface area contributed by atoms with Crippen LogP contribution in [0.25, 0.3) is 0 Å². The SMILES string of the molecule is CCCN(CC(=O)O)c1cc(C(C)C)ncn1. The molecule has 1 aromatic rings. The van der Waals surface area contributed by atoms with Gasteiger partial charge in [-0.2, -0.15) is 0 Å². The lowest BCUT2D eigenvalue weighted by Crippen LogP contribution is -2.31. The Kier molecular flexibility index (Phi) is 4.87. The largest absolute Gasteiger partial charge is 0.480 e. The molecule has 1 heterocycles. The first-order chi connectivity index (χ1) is 8.04. The Morgan fingerprint density at radius 3 is 2.71 bits per heavy atom. The smallest absolute Gasteiger partial charge is 0.323 e. The third kappa shape index (κ3) is 4.01. The van der Waals surface area contributed by atoms with E-state index in [9.17, 15) is 4.79 Å². The number of carboxylic acid groups (broad SMARTS) is 1. The van der Waals surface area contributed by atoms with E-state index in [2.05, 4.69) is 9.97 Å². The zero-order valence-corrected chi connectivity index (χ0v) is 10.6. The van der Waals surface area contributed by atoms with Crippen molar-refractivity contribution in [2.24, 2.45) is 0 Å². The molecule has 0 unspecified atom stereocenters. The average Bonchev–Trinajstić information content (AvgIpc) is 2.28. The standard InChI is InChI=1S/C12H19N3O2/c1-4-5-15(7-12(16)17)11-6-10(9(2)3)13-8-14-11/h6,8-9H,4-5,7H2,1-3H3,(H,16,17). The monoisotopic (exact) mass is 237 g/mol. The number of rotatable bonds is 6. The molecular weight excluding hydrogens is 218 g/mol. The van der Waals surface area contributed by atoms with Gasteiger partial charge < -0.3 is 10.0 Å². The number of carbonyl (C=O) groups is 1. The summed E-state index contributed by atoms with van der Waals surface area (Å²) in [5.74, 6) is 0.154. The van der Waals surface area contributed by atoms with Crippen molar-refractivity contribution in [2.45, 2.75) is 33.1 Å². The molecule has 0 atom stereocenters. The Balaban J connectivity index is 2.92. The van der Waals surface area contributed by atoms with Crippen molar-refractivity contribution in [2.75, 3.05) is 18.0 Å². The fraction of sp³-hybridized carbons (Fsp3) is 0.583. The van der Waals surface area contributed by atoms with Crippen molar-refractivity contribution in [3.63, 3.8) is 0 Å². The third-order valence-corrected chi connectivity index (χ3v) is 2.41. The first-order valence-corrected chi connectivity index (χ1v) is 5.83. The molecule has 94 valence electrons. The summed E-state index contributed by atoms with van der Waals surface area (Å²) in [6.45, 7) is 6.77. The summed E-state index contributed by atoms with van der Waals surface area (Å²) < 4.78 is 0. The number of anilines is 1. The summed E-state index contributed by atoms with van der Waals surface area (Å²) in [4.78, 5) is 20.9. The van der Waals surface area contributed by atoms with E-state index >= 15 is 0 Å². The maximum Gasteiger partial charge on any atom is 0.323 e. The second-order valence-corrected chi connectivity index (χ2v) is 4.27. The highest BCUT2D eigenvalue weighted by Crippen LogP contribution is 2.17. The minimum Gasteiger partial charge on any atom is -0.480 e. The molecule has 0 spiro atoms. The number of carboxylic acids is 1. The molecule has 0 aliphatic rings. The van der Waals surface area contributed by atoms with Crippen LogP contribution in [-0.4, -0.2) is 34.1 Å². The Morgan fingerprint density at radius 1 is 1.47 bits per heavy atom. The molecule has 0 fully saturated rings. The van der Waals surface area contributed by atoms with Crippen LogP contribution in [0, 0.1) is 0 Å². The first kappa shape index (κ1) is 13.4. The molecule has 1 rings (SSSR count). The van der Waals surface area contributed by atoms with Gasteiger partial charge in [0.1, 0.15) is 18.7 Å². The van der Waals surface area contributed by atoms with Crippen molar-refractivity contribution in [1.82, 2.24) is 9.97 Å². The molecule has 0 saturated heterocycles. The van der Waals surface area contributed by atoms with Gasteiger partial charge in [0.2, 0.25) is 0 Å². The molecule has 5 nitrogen and oxygen atoms in total. The van der Waals surface area contributed by atoms with E-state index in [0.717, 1.165) is 12.1 Å². The molecule has 0 aliphatic carbocycles. The molecule has 0 aliphatic heterocycles. The van der Waals surface area contributed by atoms with E-state index in [-0.39, 0.29) is 6.54 Å². The van der Waals surface area contributed by atoms with E-state index in [4.69, 9.17) is 5.11 Å². The van der Waals surface area contributed by atoms with Gasteiger partial charge in [0.15, 0.2) is 0 Å². The molecule has 0 amide bonds. The summed E-state index contributed by atoms with van der Waals surface area (Å²) in [6.07, 6.45) is 2.38. The number of aromatic nitrogens is 2. The van der Waals surface area contributed by atoms with Crippen LogP contribution in [-0.2, 0) is 4.79 Å². The Bertz CT molecular complexity index is 380. The van der Waals surface area contributed by atoms with Crippen LogP contribution in [0.15, 0.2) is 12.4 Å². The molecule has 0 aromatic carbocycles. The van der Waals surface area contributed by atoms with Crippen molar-refractivity contribution in [3.05, 3.63) is 18.1 Å². The zero-order valence-electron chi connectivity index (χ0n) is 10.6. The van der Waals surface area contributed by atoms with Gasteiger partial charge in [-0.3, -0.25) is 4.79 Å². The molecule has 1 N–H and O–H groups in total. The first-order valence-electron chi connectivity index (χ1n) is 5.83. The molecule has 17 heavy (non-hydrogen) atoms. The second-order valence-electron chi connectivity index (χ2n) is 4.27. The van der Waals surface area contributed by atoms with Crippen LogP contribution >= 0.6 is 0 Å². The van der Waals surface area contributed by atoms with Crippen molar-refractivity contribution in [3.8, 4) is 0 Å². The van der Waals surface area contributed by atoms with Gasteiger partial charge in [-0.1, -0.05) is 20.8 Å². The van der Waals surface area contributed by atoms with Crippen LogP contribution in [0.1, 0.15) is 38.8 Å². The lowest BCUT2D eigenvalue weighted by atomic mass is 10.1. The highest BCUT2D eigenvalue weighted by Gasteiger charge is 2.12. The minimum atomic E-state index is -0.844. The summed E-state index contributed by atoms with van der Waals surface area (Å²) in [5, 5.41) is 8.87. The Hall–Kier alpha value is -1.65. The predicted octanol–water partition coefficient (Wildman–Crippen LogP) is 1.90. The third-order valence-electron chi connectivity index (χ3n) is 2.41. The lowest BCUT2D eigenvalue weighted by Gasteiger charge is -2.21. The summed E-state index contributed by atoms with van der Waals surface area (Å²) >= 11 is 0. The van der Waals surface area contributed by atoms with Crippen LogP contribution < -0.4 is 4.90 Å². The van der Waals surface area contributed by atoms with Crippen LogP contribution in [0.4, 0.5) is 5.82 Å². The molecule has 0 saturated carbocycles. The van der Waals surface area contributed by atoms with E-state index in [0.29, 0.717) is 18.3 Å². The highest BCUT2D eigenvalue weighted by molar-refractivity contribution is 5.73. The Morgan fingerprint density at radius 2 is 2.18 bits per heavy atom. The van der Waals surface area contributed by atoms with E-state index in [1.54, 1.807) is 4.90 Å². The van der Waals surface area contributed by atoms with Gasteiger partial charge in [-0.25, -0.2) is 9.97 Å². The van der Waals surface area contributed by atoms with Crippen molar-refractivity contribution < 1.29 is 9.90 Å². The maximum atomic E-state index is 10.8. The van der Waals surface area contributed by atoms with Gasteiger partial charge in [0, 0.05) is 18.3 Å². The number of hydrogen-bond acceptors (Lipinski definition) is 4. The summed E-state index contributed by atoms with van der Waals surface area (Å²) in [5.41, 5.74) is 0.932. The zero-order chi connectivity index (χ0) is 12.8. The summed E-state index contributed by atoms with van der Waals surface area (Å²) in [6, 6.07) is 1.86. The van der Waals surface area contributed by atoms with Crippen LogP contribution in [0.3, 0.4) is 0 Å². The number of hydrogen-bond donors (Lipinski definition) is 1. The molecule has 0 radical (unpaired) electrons. The predicted molar refractivity (Wildman–Crippen MR) is 66.3 cm³/mol. The topological polar surface area (TPSA) is 66.3 Å². The van der Waals surface area contributed by atoms with Gasteiger partial charge in [0.25, 0.3) is 0 Å². The average molecular weight is 237 g/mol. The Labute approximate surface area is 102 Å². The van der Waals surface area contributed by atoms with Crippen molar-refractivity contribution in [1.29, 1.82) is 0 Å². The quantitative estimate of drug-likeness (QED) is 0.818. The van der Waals surface area contributed by atoms with Gasteiger partial charge in [-0.05, 0) is 12.3 Å². The minimum absolute atomic E-state index is 0.0254. The molecular formula is C12H19N3O2. The second kappa shape index (κ2) is 6.18. The van der Waals surface area contributed by atoms with E-state index < -0.39 is 5.97 Å². The number of nitrogens with zero attached hydrogens (tertiary/aromatic N) is 3. The van der Waals surface area contributed by atoms with Gasteiger partial charge in [-0.15, -0.1) is 0 Å². The lowest BCUT2D eigenvalue weighted by molar-refractivity contribution is -0.135. The van der Waals surface area contributed by atoms with E-state index in [1.165, 1.54) is 6.33 Å². The highest BCUT2D eigenvalue weighted by atomic mass is 16.4. The molecule has 1 aromatic heterocycles. The normalized spacial score (nSPS) is 10.6. The fourth-order valence-electron chi connectivity index (χ4n) is 1.56. The fourth-order valence-corrected chi connectivity index (χ4v) is 1.56. The molecule has 0 bridgehead atoms. The molecule has 5 heteroatoms. The van der Waals surface area contributed by atoms with Gasteiger partial charge in [0.05, 0.1) is 0 Å². The summed E-state index contributed by atoms with van der Waals surface area (Å²) in [7, 11) is 0. The van der Waals surface area contributed by atoms with Crippen molar-refractivity contribution >= 4 is 11.8 Å². The maximum absolute atomic E-state index is 10.8. The van der Waals surface area contributed by atoms with Crippen LogP contribution in [0.5, 0.6) is 0 Å². The van der Waals surface area contributed by atoms with E-state index in [1.807, 2.05) is 26.8 Å². The van der Waals surface area contributed by atoms with Gasteiger partial charge >= 0.3 is 5.97 Å². The van der Waals surface area contributed by atoms with Crippen LogP contribution in [0.2, 0.25) is 0 Å². The number of aliphatic carboxylic acids is 1.